The number of rotatable bonds is 9. The Hall–Kier alpha value is -1.07. The summed E-state index contributed by atoms with van der Waals surface area (Å²) in [6, 6.07) is 7.00. The van der Waals surface area contributed by atoms with Gasteiger partial charge < -0.3 is 5.73 Å². The molecule has 21 heavy (non-hydrogen) atoms. The Labute approximate surface area is 129 Å². The molecule has 120 valence electrons. The van der Waals surface area contributed by atoms with E-state index >= 15 is 0 Å². The Morgan fingerprint density at radius 2 is 1.95 bits per heavy atom. The molecule has 0 unspecified atom stereocenters. The minimum absolute atomic E-state index is 0.0159. The monoisotopic (exact) mass is 312 g/mol. The van der Waals surface area contributed by atoms with Crippen LogP contribution in [0.4, 0.5) is 5.69 Å². The summed E-state index contributed by atoms with van der Waals surface area (Å²) in [6.07, 6.45) is 4.54. The predicted molar refractivity (Wildman–Crippen MR) is 89.4 cm³/mol. The second kappa shape index (κ2) is 7.80. The molecule has 0 aliphatic heterocycles. The van der Waals surface area contributed by atoms with Crippen LogP contribution >= 0.6 is 0 Å². The van der Waals surface area contributed by atoms with Crippen molar-refractivity contribution in [1.82, 2.24) is 4.72 Å². The number of nitrogen functional groups attached to an aromatic ring is 1. The fourth-order valence-electron chi connectivity index (χ4n) is 2.20. The largest absolute Gasteiger partial charge is 0.399 e. The molecule has 1 aromatic carbocycles. The van der Waals surface area contributed by atoms with E-state index in [0.717, 1.165) is 12.8 Å². The lowest BCUT2D eigenvalue weighted by Gasteiger charge is -2.25. The van der Waals surface area contributed by atoms with Gasteiger partial charge in [-0.3, -0.25) is 0 Å². The highest BCUT2D eigenvalue weighted by atomic mass is 32.2. The zero-order valence-electron chi connectivity index (χ0n) is 13.4. The van der Waals surface area contributed by atoms with Crippen molar-refractivity contribution in [2.45, 2.75) is 52.2 Å². The third kappa shape index (κ3) is 7.48. The van der Waals surface area contributed by atoms with Gasteiger partial charge in [-0.15, -0.1) is 0 Å². The maximum Gasteiger partial charge on any atom is 0.215 e. The van der Waals surface area contributed by atoms with Crippen LogP contribution in [0, 0.1) is 5.41 Å². The van der Waals surface area contributed by atoms with Crippen LogP contribution in [0.1, 0.15) is 52.0 Å². The second-order valence-corrected chi connectivity index (χ2v) is 8.25. The van der Waals surface area contributed by atoms with E-state index in [9.17, 15) is 8.42 Å². The van der Waals surface area contributed by atoms with Crippen LogP contribution in [-0.4, -0.2) is 15.0 Å². The Kier molecular flexibility index (Phi) is 6.68. The summed E-state index contributed by atoms with van der Waals surface area (Å²) >= 11 is 0. The van der Waals surface area contributed by atoms with Gasteiger partial charge in [-0.2, -0.15) is 0 Å². The number of benzene rings is 1. The Balaban J connectivity index is 2.52. The topological polar surface area (TPSA) is 72.2 Å². The molecule has 0 aliphatic rings. The van der Waals surface area contributed by atoms with E-state index < -0.39 is 10.0 Å². The summed E-state index contributed by atoms with van der Waals surface area (Å²) < 4.78 is 27.0. The predicted octanol–water partition coefficient (Wildman–Crippen LogP) is 3.29. The first-order valence-corrected chi connectivity index (χ1v) is 9.21. The molecular formula is C16H28N2O2S. The highest BCUT2D eigenvalue weighted by Gasteiger charge is 2.21. The van der Waals surface area contributed by atoms with Gasteiger partial charge in [0, 0.05) is 12.2 Å². The summed E-state index contributed by atoms with van der Waals surface area (Å²) in [5, 5.41) is 0. The zero-order valence-corrected chi connectivity index (χ0v) is 14.2. The van der Waals surface area contributed by atoms with Gasteiger partial charge in [-0.05, 0) is 29.5 Å². The molecule has 3 N–H and O–H groups in total. The van der Waals surface area contributed by atoms with E-state index in [0.29, 0.717) is 17.8 Å². The van der Waals surface area contributed by atoms with Crippen molar-refractivity contribution in [3.8, 4) is 0 Å². The number of hydrogen-bond acceptors (Lipinski definition) is 3. The molecule has 0 aromatic heterocycles. The van der Waals surface area contributed by atoms with Gasteiger partial charge in [0.1, 0.15) is 0 Å². The van der Waals surface area contributed by atoms with Gasteiger partial charge >= 0.3 is 0 Å². The highest BCUT2D eigenvalue weighted by molar-refractivity contribution is 7.88. The molecule has 0 spiro atoms. The molecule has 0 aliphatic carbocycles. The lowest BCUT2D eigenvalue weighted by Crippen LogP contribution is -2.34. The number of sulfonamides is 1. The minimum atomic E-state index is -3.32. The third-order valence-electron chi connectivity index (χ3n) is 3.54. The van der Waals surface area contributed by atoms with Crippen LogP contribution in [0.25, 0.3) is 0 Å². The highest BCUT2D eigenvalue weighted by Crippen LogP contribution is 2.23. The maximum atomic E-state index is 12.1. The molecule has 0 bridgehead atoms. The summed E-state index contributed by atoms with van der Waals surface area (Å²) in [7, 11) is -3.32. The van der Waals surface area contributed by atoms with Crippen molar-refractivity contribution >= 4 is 15.7 Å². The fourth-order valence-corrected chi connectivity index (χ4v) is 3.53. The van der Waals surface area contributed by atoms with Crippen molar-refractivity contribution in [3.05, 3.63) is 29.8 Å². The van der Waals surface area contributed by atoms with Crippen molar-refractivity contribution in [2.75, 3.05) is 12.3 Å². The Morgan fingerprint density at radius 3 is 2.57 bits per heavy atom. The third-order valence-corrected chi connectivity index (χ3v) is 4.83. The molecule has 0 saturated heterocycles. The molecule has 1 aromatic rings. The SMILES string of the molecule is CCCCCC(C)(C)CNS(=O)(=O)Cc1cccc(N)c1. The Morgan fingerprint density at radius 1 is 1.24 bits per heavy atom. The van der Waals surface area contributed by atoms with Crippen molar-refractivity contribution in [1.29, 1.82) is 0 Å². The first-order chi connectivity index (χ1) is 9.74. The summed E-state index contributed by atoms with van der Waals surface area (Å²) in [5.74, 6) is -0.0247. The molecule has 4 nitrogen and oxygen atoms in total. The van der Waals surface area contributed by atoms with Crippen LogP contribution in [0.3, 0.4) is 0 Å². The molecule has 1 rings (SSSR count). The molecule has 5 heteroatoms. The van der Waals surface area contributed by atoms with Gasteiger partial charge in [0.15, 0.2) is 0 Å². The van der Waals surface area contributed by atoms with E-state index in [2.05, 4.69) is 25.5 Å². The van der Waals surface area contributed by atoms with Crippen LogP contribution in [0.15, 0.2) is 24.3 Å². The van der Waals surface area contributed by atoms with Gasteiger partial charge in [-0.25, -0.2) is 13.1 Å². The quantitative estimate of drug-likeness (QED) is 0.543. The van der Waals surface area contributed by atoms with E-state index in [1.54, 1.807) is 24.3 Å². The normalized spacial score (nSPS) is 12.5. The Bertz CT molecular complexity index is 539. The first kappa shape index (κ1) is 18.0. The number of anilines is 1. The zero-order chi connectivity index (χ0) is 15.9. The number of nitrogens with two attached hydrogens (primary N) is 1. The van der Waals surface area contributed by atoms with E-state index in [4.69, 9.17) is 5.73 Å². The molecular weight excluding hydrogens is 284 g/mol. The average Bonchev–Trinajstić information content (AvgIpc) is 2.36. The van der Waals surface area contributed by atoms with Crippen molar-refractivity contribution in [2.24, 2.45) is 5.41 Å². The van der Waals surface area contributed by atoms with Gasteiger partial charge in [0.25, 0.3) is 0 Å². The lowest BCUT2D eigenvalue weighted by atomic mass is 9.87. The molecule has 0 amide bonds. The number of unbranched alkanes of at least 4 members (excludes halogenated alkanes) is 2. The molecule has 0 saturated carbocycles. The van der Waals surface area contributed by atoms with Crippen LogP contribution in [0.5, 0.6) is 0 Å². The van der Waals surface area contributed by atoms with Gasteiger partial charge in [0.2, 0.25) is 10.0 Å². The molecule has 0 atom stereocenters. The van der Waals surface area contributed by atoms with Gasteiger partial charge in [-0.1, -0.05) is 52.2 Å². The minimum Gasteiger partial charge on any atom is -0.399 e. The van der Waals surface area contributed by atoms with E-state index in [1.807, 2.05) is 0 Å². The lowest BCUT2D eigenvalue weighted by molar-refractivity contribution is 0.320. The first-order valence-electron chi connectivity index (χ1n) is 7.56. The second-order valence-electron chi connectivity index (χ2n) is 6.45. The van der Waals surface area contributed by atoms with E-state index in [-0.39, 0.29) is 11.2 Å². The van der Waals surface area contributed by atoms with Crippen molar-refractivity contribution < 1.29 is 8.42 Å². The molecule has 0 fully saturated rings. The summed E-state index contributed by atoms with van der Waals surface area (Å²) in [5.41, 5.74) is 6.96. The number of nitrogens with one attached hydrogen (secondary N) is 1. The van der Waals surface area contributed by atoms with Crippen LogP contribution < -0.4 is 10.5 Å². The average molecular weight is 312 g/mol. The van der Waals surface area contributed by atoms with Crippen LogP contribution in [0.2, 0.25) is 0 Å². The summed E-state index contributed by atoms with van der Waals surface area (Å²) in [4.78, 5) is 0. The van der Waals surface area contributed by atoms with E-state index in [1.165, 1.54) is 12.8 Å². The number of hydrogen-bond donors (Lipinski definition) is 2. The van der Waals surface area contributed by atoms with Crippen LogP contribution in [-0.2, 0) is 15.8 Å². The fraction of sp³-hybridized carbons (Fsp3) is 0.625. The summed E-state index contributed by atoms with van der Waals surface area (Å²) in [6.45, 7) is 6.85. The standard InChI is InChI=1S/C16H28N2O2S/c1-4-5-6-10-16(2,3)13-18-21(19,20)12-14-8-7-9-15(17)11-14/h7-9,11,18H,4-6,10,12-13,17H2,1-3H3. The van der Waals surface area contributed by atoms with Gasteiger partial charge in [0.05, 0.1) is 5.75 Å². The molecule has 0 radical (unpaired) electrons. The van der Waals surface area contributed by atoms with Crippen molar-refractivity contribution in [3.63, 3.8) is 0 Å². The maximum absolute atomic E-state index is 12.1. The smallest absolute Gasteiger partial charge is 0.215 e. The molecule has 0 heterocycles.